The van der Waals surface area contributed by atoms with E-state index in [4.69, 9.17) is 19.9 Å². The molecule has 6 aromatic heterocycles. The molecule has 8 nitrogen and oxygen atoms in total. The minimum absolute atomic E-state index is 0.657. The van der Waals surface area contributed by atoms with E-state index in [1.807, 2.05) is 6.07 Å². The van der Waals surface area contributed by atoms with E-state index in [0.29, 0.717) is 5.95 Å². The fraction of sp³-hybridized carbons (Fsp3) is 0.0208. The van der Waals surface area contributed by atoms with Gasteiger partial charge in [-0.2, -0.15) is 0 Å². The first-order valence-corrected chi connectivity index (χ1v) is 35.7. The summed E-state index contributed by atoms with van der Waals surface area (Å²) < 4.78 is 9.37. The van der Waals surface area contributed by atoms with Crippen LogP contribution in [0, 0.1) is 0 Å². The van der Waals surface area contributed by atoms with Crippen molar-refractivity contribution < 1.29 is 0 Å². The van der Waals surface area contributed by atoms with Crippen LogP contribution in [0.25, 0.3) is 200 Å². The Kier molecular flexibility index (Phi) is 13.6. The fourth-order valence-corrected chi connectivity index (χ4v) is 16.5. The minimum Gasteiger partial charge on any atom is -0.309 e. The molecule has 0 saturated heterocycles. The van der Waals surface area contributed by atoms with Crippen molar-refractivity contribution in [2.45, 2.75) is 12.8 Å². The molecule has 0 unspecified atom stereocenters. The molecule has 0 amide bonds. The molecular formula is C96H62N8. The largest absolute Gasteiger partial charge is 0.309 e. The minimum atomic E-state index is 0.657. The maximum absolute atomic E-state index is 5.37. The van der Waals surface area contributed by atoms with Gasteiger partial charge < -0.3 is 9.13 Å². The van der Waals surface area contributed by atoms with Crippen molar-refractivity contribution in [1.82, 2.24) is 38.2 Å². The molecule has 6 heterocycles. The van der Waals surface area contributed by atoms with Gasteiger partial charge >= 0.3 is 0 Å². The second-order valence-electron chi connectivity index (χ2n) is 27.1. The van der Waals surface area contributed by atoms with Gasteiger partial charge in [-0.05, 0) is 148 Å². The molecule has 0 atom stereocenters. The normalized spacial score (nSPS) is 12.3. The van der Waals surface area contributed by atoms with Gasteiger partial charge in [-0.15, -0.1) is 0 Å². The maximum Gasteiger partial charge on any atom is 0.235 e. The molecule has 486 valence electrons. The zero-order chi connectivity index (χ0) is 68.3. The Morgan fingerprint density at radius 3 is 1.33 bits per heavy atom. The molecule has 0 bridgehead atoms. The van der Waals surface area contributed by atoms with Crippen molar-refractivity contribution >= 4 is 132 Å². The predicted molar refractivity (Wildman–Crippen MR) is 433 cm³/mol. The van der Waals surface area contributed by atoms with Gasteiger partial charge in [0.25, 0.3) is 0 Å². The van der Waals surface area contributed by atoms with Crippen LogP contribution in [-0.2, 0) is 0 Å². The molecule has 0 N–H and O–H groups in total. The molecule has 104 heavy (non-hydrogen) atoms. The number of hydrogen-bond donors (Lipinski definition) is 0. The van der Waals surface area contributed by atoms with Gasteiger partial charge in [0.2, 0.25) is 5.95 Å². The van der Waals surface area contributed by atoms with Crippen LogP contribution in [0.4, 0.5) is 0 Å². The van der Waals surface area contributed by atoms with E-state index in [1.54, 1.807) is 0 Å². The topological polar surface area (TPSA) is 71.3 Å². The quantitative estimate of drug-likeness (QED) is 0.152. The summed E-state index contributed by atoms with van der Waals surface area (Å²) in [6.07, 6.45) is 6.53. The van der Waals surface area contributed by atoms with Gasteiger partial charge in [-0.25, -0.2) is 19.9 Å². The summed E-state index contributed by atoms with van der Waals surface area (Å²) in [5.41, 5.74) is 20.2. The zero-order valence-corrected chi connectivity index (χ0v) is 56.5. The lowest BCUT2D eigenvalue weighted by Crippen LogP contribution is -2.35. The molecule has 0 aliphatic heterocycles. The van der Waals surface area contributed by atoms with E-state index >= 15 is 0 Å². The lowest BCUT2D eigenvalue weighted by Gasteiger charge is -2.13. The summed E-state index contributed by atoms with van der Waals surface area (Å²) in [5.74, 6) is 2.34. The van der Waals surface area contributed by atoms with E-state index in [-0.39, 0.29) is 0 Å². The molecule has 15 aromatic carbocycles. The first-order valence-electron chi connectivity index (χ1n) is 35.7. The van der Waals surface area contributed by atoms with E-state index in [9.17, 15) is 0 Å². The highest BCUT2D eigenvalue weighted by Crippen LogP contribution is 2.43. The molecule has 0 radical (unpaired) electrons. The SMILES string of the molecule is C1=c2nc(-c3ccccc3)nc(-n3c4ccccc4c4c5cc(-c6ccc7c(c6)c6ccccc6n7-c6ccccc6)ccc5ccc43)c2=CCC1.c1ccc(-c2ccc(-c3nc(-n4c5ccccc5c5c6cc(-n7c8ccccc8c8ccccc87)ccc6ccc54)nc4ccccc34)cc2)cc1. The van der Waals surface area contributed by atoms with Crippen LogP contribution in [0.3, 0.4) is 0 Å². The highest BCUT2D eigenvalue weighted by Gasteiger charge is 2.23. The van der Waals surface area contributed by atoms with Gasteiger partial charge in [0.1, 0.15) is 5.82 Å². The third-order valence-corrected chi connectivity index (χ3v) is 21.3. The molecular weight excluding hydrogens is 1270 g/mol. The van der Waals surface area contributed by atoms with E-state index in [1.165, 1.54) is 115 Å². The van der Waals surface area contributed by atoms with Crippen molar-refractivity contribution in [1.29, 1.82) is 0 Å². The molecule has 8 heteroatoms. The van der Waals surface area contributed by atoms with E-state index < -0.39 is 0 Å². The first kappa shape index (κ1) is 59.1. The van der Waals surface area contributed by atoms with Gasteiger partial charge in [-0.1, -0.05) is 261 Å². The number of hydrogen-bond acceptors (Lipinski definition) is 4. The number of benzene rings is 15. The highest BCUT2D eigenvalue weighted by molar-refractivity contribution is 6.23. The van der Waals surface area contributed by atoms with Crippen LogP contribution >= 0.6 is 0 Å². The van der Waals surface area contributed by atoms with Crippen LogP contribution in [-0.4, -0.2) is 38.2 Å². The van der Waals surface area contributed by atoms with Crippen molar-refractivity contribution in [3.05, 3.63) is 350 Å². The second-order valence-corrected chi connectivity index (χ2v) is 27.1. The third-order valence-electron chi connectivity index (χ3n) is 21.3. The summed E-state index contributed by atoms with van der Waals surface area (Å²) in [5, 5.41) is 17.8. The molecule has 0 fully saturated rings. The highest BCUT2D eigenvalue weighted by atomic mass is 15.2. The van der Waals surface area contributed by atoms with Gasteiger partial charge in [0.05, 0.1) is 60.7 Å². The molecule has 22 rings (SSSR count). The fourth-order valence-electron chi connectivity index (χ4n) is 16.5. The number of para-hydroxylation sites is 7. The molecule has 21 aromatic rings. The average molecular weight is 1330 g/mol. The van der Waals surface area contributed by atoms with Gasteiger partial charge in [-0.3, -0.25) is 9.13 Å². The van der Waals surface area contributed by atoms with Crippen molar-refractivity contribution in [3.63, 3.8) is 0 Å². The summed E-state index contributed by atoms with van der Waals surface area (Å²) >= 11 is 0. The van der Waals surface area contributed by atoms with E-state index in [2.05, 4.69) is 364 Å². The lowest BCUT2D eigenvalue weighted by molar-refractivity contribution is 0.978. The zero-order valence-electron chi connectivity index (χ0n) is 56.5. The van der Waals surface area contributed by atoms with E-state index in [0.717, 1.165) is 90.5 Å². The van der Waals surface area contributed by atoms with Crippen LogP contribution in [0.15, 0.2) is 340 Å². The summed E-state index contributed by atoms with van der Waals surface area (Å²) in [4.78, 5) is 21.0. The maximum atomic E-state index is 5.37. The van der Waals surface area contributed by atoms with Crippen molar-refractivity contribution in [3.8, 4) is 68.0 Å². The number of rotatable bonds is 8. The number of fused-ring (bicyclic) bond motifs is 18. The van der Waals surface area contributed by atoms with Crippen LogP contribution in [0.2, 0.25) is 0 Å². The summed E-state index contributed by atoms with van der Waals surface area (Å²) in [6.45, 7) is 0. The van der Waals surface area contributed by atoms with Crippen LogP contribution < -0.4 is 10.6 Å². The standard InChI is InChI=1S/C48H32N4.C48H30N4/c1-3-13-32(14-4-1)47-49-41-20-10-7-18-37(41)48(50-47)52-43-22-12-9-19-38(43)46-39-29-33(24-23-31(39)25-28-45(46)52)34-26-27-44-40(30-34)36-17-8-11-21-42(36)51(44)35-15-5-2-6-16-35;1-2-12-31(13-3-1)32-22-24-34(25-23-32)47-38-16-4-8-18-41(38)49-48(50-47)52-44-21-11-7-17-39(44)46-40-30-35(28-26-33(40)27-29-45(46)52)51-42-19-9-5-14-36(42)37-15-6-10-20-43(37)51/h1-6,8-9,11-30H,7,10H2;1-30H. The third kappa shape index (κ3) is 9.46. The lowest BCUT2D eigenvalue weighted by atomic mass is 9.97. The molecule has 0 saturated carbocycles. The second kappa shape index (κ2) is 23.9. The monoisotopic (exact) mass is 1330 g/mol. The van der Waals surface area contributed by atoms with Crippen LogP contribution in [0.1, 0.15) is 12.8 Å². The Bertz CT molecular complexity index is 7150. The predicted octanol–water partition coefficient (Wildman–Crippen LogP) is 22.8. The smallest absolute Gasteiger partial charge is 0.235 e. The van der Waals surface area contributed by atoms with Gasteiger partial charge in [0.15, 0.2) is 5.82 Å². The Labute approximate surface area is 597 Å². The van der Waals surface area contributed by atoms with Gasteiger partial charge in [0, 0.05) is 76.2 Å². The van der Waals surface area contributed by atoms with Crippen LogP contribution in [0.5, 0.6) is 0 Å². The molecule has 0 spiro atoms. The first-order chi connectivity index (χ1) is 51.6. The van der Waals surface area contributed by atoms with Crippen molar-refractivity contribution in [2.24, 2.45) is 0 Å². The Hall–Kier alpha value is -13.8. The van der Waals surface area contributed by atoms with Crippen molar-refractivity contribution in [2.75, 3.05) is 0 Å². The summed E-state index contributed by atoms with van der Waals surface area (Å²) in [6, 6.07) is 122. The molecule has 1 aliphatic rings. The summed E-state index contributed by atoms with van der Waals surface area (Å²) in [7, 11) is 0. The Morgan fingerprint density at radius 1 is 0.240 bits per heavy atom. The molecule has 1 aliphatic carbocycles. The number of aromatic nitrogens is 8. The Balaban J connectivity index is 0.000000134. The average Bonchev–Trinajstić information content (AvgIpc) is 1.57. The number of nitrogens with zero attached hydrogens (tertiary/aromatic N) is 8. The Morgan fingerprint density at radius 2 is 0.673 bits per heavy atom.